The highest BCUT2D eigenvalue weighted by atomic mass is 16.5. The third-order valence-corrected chi connectivity index (χ3v) is 3.48. The molecule has 1 aromatic carbocycles. The maximum Gasteiger partial charge on any atom is 0.352 e. The van der Waals surface area contributed by atoms with Crippen LogP contribution in [0, 0.1) is 6.92 Å². The molecule has 2 aromatic rings. The molecule has 1 aliphatic heterocycles. The van der Waals surface area contributed by atoms with Gasteiger partial charge in [0.2, 0.25) is 0 Å². The molecule has 0 spiro atoms. The Morgan fingerprint density at radius 1 is 1.42 bits per heavy atom. The van der Waals surface area contributed by atoms with Crippen molar-refractivity contribution in [1.82, 2.24) is 4.57 Å². The fourth-order valence-electron chi connectivity index (χ4n) is 2.60. The van der Waals surface area contributed by atoms with Crippen molar-refractivity contribution in [2.75, 3.05) is 0 Å². The molecule has 3 rings (SSSR count). The topological polar surface area (TPSA) is 51.5 Å². The van der Waals surface area contributed by atoms with Gasteiger partial charge in [0, 0.05) is 12.6 Å². The monoisotopic (exact) mass is 257 g/mol. The van der Waals surface area contributed by atoms with Gasteiger partial charge in [-0.05, 0) is 30.2 Å². The zero-order valence-corrected chi connectivity index (χ0v) is 10.7. The van der Waals surface area contributed by atoms with E-state index in [1.807, 2.05) is 43.5 Å². The molecule has 1 atom stereocenters. The van der Waals surface area contributed by atoms with Crippen LogP contribution in [0.4, 0.5) is 0 Å². The minimum absolute atomic E-state index is 0.00213. The molecule has 0 amide bonds. The van der Waals surface area contributed by atoms with Crippen molar-refractivity contribution in [3.8, 4) is 5.75 Å². The average molecular weight is 257 g/mol. The number of carbonyl (C=O) groups is 1. The van der Waals surface area contributed by atoms with E-state index in [9.17, 15) is 9.90 Å². The number of aromatic carboxylic acids is 1. The van der Waals surface area contributed by atoms with Crippen LogP contribution in [-0.2, 0) is 13.0 Å². The van der Waals surface area contributed by atoms with Crippen LogP contribution in [0.3, 0.4) is 0 Å². The van der Waals surface area contributed by atoms with Gasteiger partial charge in [-0.25, -0.2) is 4.79 Å². The summed E-state index contributed by atoms with van der Waals surface area (Å²) in [6.07, 6.45) is 2.64. The maximum absolute atomic E-state index is 11.2. The molecule has 0 fully saturated rings. The number of rotatable bonds is 3. The number of hydrogen-bond donors (Lipinski definition) is 1. The molecule has 19 heavy (non-hydrogen) atoms. The van der Waals surface area contributed by atoms with Gasteiger partial charge in [0.25, 0.3) is 0 Å². The second-order valence-electron chi connectivity index (χ2n) is 4.86. The summed E-state index contributed by atoms with van der Waals surface area (Å²) in [6.45, 7) is 2.37. The fourth-order valence-corrected chi connectivity index (χ4v) is 2.60. The first-order valence-corrected chi connectivity index (χ1v) is 6.28. The molecule has 1 aromatic heterocycles. The summed E-state index contributed by atoms with van der Waals surface area (Å²) < 4.78 is 7.60. The van der Waals surface area contributed by atoms with Gasteiger partial charge < -0.3 is 14.4 Å². The first kappa shape index (κ1) is 11.8. The number of para-hydroxylation sites is 1. The molecule has 0 bridgehead atoms. The molecule has 0 radical (unpaired) electrons. The third kappa shape index (κ3) is 2.10. The number of carboxylic acid groups (broad SMARTS) is 1. The molecule has 0 aliphatic carbocycles. The van der Waals surface area contributed by atoms with Gasteiger partial charge >= 0.3 is 5.97 Å². The van der Waals surface area contributed by atoms with Crippen molar-refractivity contribution in [2.45, 2.75) is 26.0 Å². The van der Waals surface area contributed by atoms with Crippen LogP contribution in [0.5, 0.6) is 5.75 Å². The number of benzene rings is 1. The smallest absolute Gasteiger partial charge is 0.352 e. The van der Waals surface area contributed by atoms with Gasteiger partial charge in [0.15, 0.2) is 0 Å². The molecule has 1 N–H and O–H groups in total. The Balaban J connectivity index is 1.80. The van der Waals surface area contributed by atoms with Crippen LogP contribution in [0.2, 0.25) is 0 Å². The number of nitrogens with zero attached hydrogens (tertiary/aromatic N) is 1. The summed E-state index contributed by atoms with van der Waals surface area (Å²) in [5.41, 5.74) is 2.32. The zero-order chi connectivity index (χ0) is 13.4. The predicted octanol–water partition coefficient (Wildman–Crippen LogP) is 2.50. The van der Waals surface area contributed by atoms with E-state index in [2.05, 4.69) is 0 Å². The fraction of sp³-hybridized carbons (Fsp3) is 0.267. The Hall–Kier alpha value is -2.23. The highest BCUT2D eigenvalue weighted by Crippen LogP contribution is 2.29. The van der Waals surface area contributed by atoms with E-state index in [1.165, 1.54) is 5.56 Å². The summed E-state index contributed by atoms with van der Waals surface area (Å²) in [5.74, 6) is 0.0197. The van der Waals surface area contributed by atoms with Gasteiger partial charge in [-0.1, -0.05) is 18.2 Å². The highest BCUT2D eigenvalue weighted by molar-refractivity contribution is 5.87. The lowest BCUT2D eigenvalue weighted by Crippen LogP contribution is -2.23. The van der Waals surface area contributed by atoms with Crippen LogP contribution in [0.1, 0.15) is 21.6 Å². The van der Waals surface area contributed by atoms with Crippen LogP contribution in [-0.4, -0.2) is 21.7 Å². The van der Waals surface area contributed by atoms with Crippen LogP contribution in [0.15, 0.2) is 36.5 Å². The van der Waals surface area contributed by atoms with Crippen LogP contribution >= 0.6 is 0 Å². The van der Waals surface area contributed by atoms with Gasteiger partial charge in [-0.15, -0.1) is 0 Å². The molecule has 4 nitrogen and oxygen atoms in total. The minimum Gasteiger partial charge on any atom is -0.488 e. The molecular weight excluding hydrogens is 242 g/mol. The Bertz CT molecular complexity index is 605. The molecule has 98 valence electrons. The summed E-state index contributed by atoms with van der Waals surface area (Å²) in [4.78, 5) is 11.2. The van der Waals surface area contributed by atoms with Gasteiger partial charge in [-0.3, -0.25) is 0 Å². The second-order valence-corrected chi connectivity index (χ2v) is 4.86. The van der Waals surface area contributed by atoms with E-state index in [1.54, 1.807) is 4.57 Å². The first-order chi connectivity index (χ1) is 9.15. The number of hydrogen-bond acceptors (Lipinski definition) is 2. The van der Waals surface area contributed by atoms with Gasteiger partial charge in [0.1, 0.15) is 17.5 Å². The first-order valence-electron chi connectivity index (χ1n) is 6.28. The quantitative estimate of drug-likeness (QED) is 0.919. The Labute approximate surface area is 111 Å². The number of aryl methyl sites for hydroxylation is 1. The van der Waals surface area contributed by atoms with Crippen molar-refractivity contribution < 1.29 is 14.6 Å². The van der Waals surface area contributed by atoms with Crippen LogP contribution < -0.4 is 4.74 Å². The summed E-state index contributed by atoms with van der Waals surface area (Å²) in [7, 11) is 0. The van der Waals surface area contributed by atoms with Crippen molar-refractivity contribution in [2.24, 2.45) is 0 Å². The maximum atomic E-state index is 11.2. The number of fused-ring (bicyclic) bond motifs is 1. The highest BCUT2D eigenvalue weighted by Gasteiger charge is 2.24. The third-order valence-electron chi connectivity index (χ3n) is 3.48. The van der Waals surface area contributed by atoms with E-state index in [0.717, 1.165) is 17.7 Å². The minimum atomic E-state index is -0.891. The van der Waals surface area contributed by atoms with Crippen molar-refractivity contribution in [1.29, 1.82) is 0 Å². The van der Waals surface area contributed by atoms with E-state index in [4.69, 9.17) is 4.74 Å². The standard InChI is InChI=1S/C15H15NO3/c1-10-6-7-16(14(10)15(17)18)9-12-8-11-4-2-3-5-13(11)19-12/h2-7,12H,8-9H2,1H3,(H,17,18). The zero-order valence-electron chi connectivity index (χ0n) is 10.7. The Morgan fingerprint density at radius 2 is 2.21 bits per heavy atom. The summed E-state index contributed by atoms with van der Waals surface area (Å²) in [5, 5.41) is 9.22. The number of carboxylic acids is 1. The van der Waals surface area contributed by atoms with E-state index in [0.29, 0.717) is 12.2 Å². The van der Waals surface area contributed by atoms with Crippen molar-refractivity contribution >= 4 is 5.97 Å². The van der Waals surface area contributed by atoms with Crippen LogP contribution in [0.25, 0.3) is 0 Å². The molecule has 0 saturated heterocycles. The lowest BCUT2D eigenvalue weighted by atomic mass is 10.1. The second kappa shape index (κ2) is 4.46. The number of aromatic nitrogens is 1. The van der Waals surface area contributed by atoms with Crippen molar-refractivity contribution in [3.05, 3.63) is 53.3 Å². The SMILES string of the molecule is Cc1ccn(CC2Cc3ccccc3O2)c1C(=O)O. The Kier molecular flexibility index (Phi) is 2.78. The number of ether oxygens (including phenoxy) is 1. The van der Waals surface area contributed by atoms with Crippen molar-refractivity contribution in [3.63, 3.8) is 0 Å². The van der Waals surface area contributed by atoms with Gasteiger partial charge in [-0.2, -0.15) is 0 Å². The molecule has 4 heteroatoms. The summed E-state index contributed by atoms with van der Waals surface area (Å²) in [6, 6.07) is 9.77. The van der Waals surface area contributed by atoms with Gasteiger partial charge in [0.05, 0.1) is 6.54 Å². The largest absolute Gasteiger partial charge is 0.488 e. The molecule has 1 aliphatic rings. The molecule has 2 heterocycles. The molecule has 0 saturated carbocycles. The predicted molar refractivity (Wildman–Crippen MR) is 70.7 cm³/mol. The summed E-state index contributed by atoms with van der Waals surface area (Å²) >= 11 is 0. The lowest BCUT2D eigenvalue weighted by molar-refractivity contribution is 0.0681. The average Bonchev–Trinajstić information content (AvgIpc) is 2.92. The van der Waals surface area contributed by atoms with E-state index >= 15 is 0 Å². The van der Waals surface area contributed by atoms with E-state index in [-0.39, 0.29) is 6.10 Å². The normalized spacial score (nSPS) is 17.0. The molecule has 1 unspecified atom stereocenters. The van der Waals surface area contributed by atoms with E-state index < -0.39 is 5.97 Å². The lowest BCUT2D eigenvalue weighted by Gasteiger charge is -2.13. The Morgan fingerprint density at radius 3 is 2.95 bits per heavy atom. The molecular formula is C15H15NO3.